The minimum absolute atomic E-state index is 0.341. The molecule has 6 nitrogen and oxygen atoms in total. The quantitative estimate of drug-likeness (QED) is 0.718. The van der Waals surface area contributed by atoms with E-state index in [1.807, 2.05) is 18.2 Å². The van der Waals surface area contributed by atoms with Gasteiger partial charge in [0, 0.05) is 25.0 Å². The highest BCUT2D eigenvalue weighted by Gasteiger charge is 2.10. The first-order valence-corrected chi connectivity index (χ1v) is 5.93. The van der Waals surface area contributed by atoms with Gasteiger partial charge >= 0.3 is 0 Å². The Morgan fingerprint density at radius 3 is 2.85 bits per heavy atom. The molecule has 0 aromatic carbocycles. The summed E-state index contributed by atoms with van der Waals surface area (Å²) in [6, 6.07) is 9.15. The Labute approximate surface area is 114 Å². The second-order valence-electron chi connectivity index (χ2n) is 4.10. The number of aromatic nitrogens is 4. The van der Waals surface area contributed by atoms with Crippen LogP contribution in [0.15, 0.2) is 47.4 Å². The standard InChI is InChI=1S/C14H9N5O/c15-7-11-3-4-12(17-9-11)14-18-13(19-20-14)6-10-2-1-5-16-8-10/h1-5,8-9H,6H2. The summed E-state index contributed by atoms with van der Waals surface area (Å²) in [5, 5.41) is 12.6. The first-order valence-electron chi connectivity index (χ1n) is 5.93. The van der Waals surface area contributed by atoms with E-state index in [-0.39, 0.29) is 0 Å². The summed E-state index contributed by atoms with van der Waals surface area (Å²) in [7, 11) is 0. The van der Waals surface area contributed by atoms with Gasteiger partial charge in [0.25, 0.3) is 5.89 Å². The van der Waals surface area contributed by atoms with Crippen LogP contribution in [-0.2, 0) is 6.42 Å². The third-order valence-electron chi connectivity index (χ3n) is 2.66. The van der Waals surface area contributed by atoms with Crippen molar-refractivity contribution in [2.24, 2.45) is 0 Å². The molecule has 0 atom stereocenters. The van der Waals surface area contributed by atoms with E-state index in [2.05, 4.69) is 20.1 Å². The van der Waals surface area contributed by atoms with Gasteiger partial charge in [0.1, 0.15) is 11.8 Å². The fraction of sp³-hybridized carbons (Fsp3) is 0.0714. The molecule has 6 heteroatoms. The molecule has 96 valence electrons. The van der Waals surface area contributed by atoms with Crippen molar-refractivity contribution in [2.75, 3.05) is 0 Å². The van der Waals surface area contributed by atoms with E-state index in [4.69, 9.17) is 9.78 Å². The topological polar surface area (TPSA) is 88.5 Å². The predicted octanol–water partition coefficient (Wildman–Crippen LogP) is 1.99. The van der Waals surface area contributed by atoms with Crippen molar-refractivity contribution in [3.8, 4) is 17.7 Å². The van der Waals surface area contributed by atoms with Crippen molar-refractivity contribution < 1.29 is 4.52 Å². The lowest BCUT2D eigenvalue weighted by molar-refractivity contribution is 0.422. The molecular formula is C14H9N5O. The average Bonchev–Trinajstić information content (AvgIpc) is 2.97. The molecule has 0 fully saturated rings. The molecule has 0 aliphatic heterocycles. The zero-order valence-corrected chi connectivity index (χ0v) is 10.4. The molecule has 0 radical (unpaired) electrons. The molecule has 0 aliphatic carbocycles. The van der Waals surface area contributed by atoms with Gasteiger partial charge in [-0.25, -0.2) is 4.98 Å². The number of hydrogen-bond acceptors (Lipinski definition) is 6. The molecule has 3 heterocycles. The number of nitriles is 1. The van der Waals surface area contributed by atoms with Crippen LogP contribution in [-0.4, -0.2) is 20.1 Å². The monoisotopic (exact) mass is 263 g/mol. The second kappa shape index (κ2) is 5.28. The lowest BCUT2D eigenvalue weighted by atomic mass is 10.2. The summed E-state index contributed by atoms with van der Waals surface area (Å²) in [4.78, 5) is 12.4. The second-order valence-corrected chi connectivity index (χ2v) is 4.10. The van der Waals surface area contributed by atoms with Gasteiger partial charge in [0.05, 0.1) is 5.56 Å². The Morgan fingerprint density at radius 1 is 1.20 bits per heavy atom. The van der Waals surface area contributed by atoms with Crippen molar-refractivity contribution in [3.63, 3.8) is 0 Å². The van der Waals surface area contributed by atoms with Gasteiger partial charge in [0.15, 0.2) is 5.82 Å². The van der Waals surface area contributed by atoms with Gasteiger partial charge in [-0.15, -0.1) is 0 Å². The normalized spacial score (nSPS) is 10.2. The highest BCUT2D eigenvalue weighted by Crippen LogP contribution is 2.15. The SMILES string of the molecule is N#Cc1ccc(-c2nc(Cc3cccnc3)no2)nc1. The van der Waals surface area contributed by atoms with Crippen LogP contribution in [0.5, 0.6) is 0 Å². The Hall–Kier alpha value is -3.07. The summed E-state index contributed by atoms with van der Waals surface area (Å²) in [5.41, 5.74) is 2.05. The average molecular weight is 263 g/mol. The zero-order valence-electron chi connectivity index (χ0n) is 10.4. The molecule has 3 aromatic heterocycles. The molecule has 0 saturated heterocycles. The Kier molecular flexibility index (Phi) is 3.17. The fourth-order valence-electron chi connectivity index (χ4n) is 1.70. The molecule has 0 amide bonds. The number of pyridine rings is 2. The van der Waals surface area contributed by atoms with E-state index < -0.39 is 0 Å². The van der Waals surface area contributed by atoms with Gasteiger partial charge in [-0.2, -0.15) is 10.2 Å². The predicted molar refractivity (Wildman–Crippen MR) is 69.3 cm³/mol. The Morgan fingerprint density at radius 2 is 2.15 bits per heavy atom. The van der Waals surface area contributed by atoms with E-state index in [1.54, 1.807) is 24.5 Å². The van der Waals surface area contributed by atoms with Gasteiger partial charge in [0.2, 0.25) is 0 Å². The lowest BCUT2D eigenvalue weighted by Crippen LogP contribution is -1.91. The molecular weight excluding hydrogens is 254 g/mol. The minimum atomic E-state index is 0.341. The van der Waals surface area contributed by atoms with E-state index in [1.165, 1.54) is 6.20 Å². The third kappa shape index (κ3) is 2.52. The Bertz CT molecular complexity index is 743. The van der Waals surface area contributed by atoms with Crippen molar-refractivity contribution in [1.29, 1.82) is 5.26 Å². The molecule has 0 bridgehead atoms. The molecule has 20 heavy (non-hydrogen) atoms. The van der Waals surface area contributed by atoms with Gasteiger partial charge in [-0.05, 0) is 23.8 Å². The van der Waals surface area contributed by atoms with Crippen LogP contribution < -0.4 is 0 Å². The molecule has 0 unspecified atom stereocenters. The fourth-order valence-corrected chi connectivity index (χ4v) is 1.70. The van der Waals surface area contributed by atoms with Gasteiger partial charge < -0.3 is 4.52 Å². The van der Waals surface area contributed by atoms with Crippen LogP contribution in [0.4, 0.5) is 0 Å². The van der Waals surface area contributed by atoms with Crippen LogP contribution >= 0.6 is 0 Å². The summed E-state index contributed by atoms with van der Waals surface area (Å²) < 4.78 is 5.17. The lowest BCUT2D eigenvalue weighted by Gasteiger charge is -1.94. The maximum absolute atomic E-state index is 8.72. The summed E-state index contributed by atoms with van der Waals surface area (Å²) >= 11 is 0. The van der Waals surface area contributed by atoms with Crippen LogP contribution in [0.2, 0.25) is 0 Å². The first-order chi connectivity index (χ1) is 9.85. The molecule has 0 saturated carbocycles. The molecule has 0 N–H and O–H groups in total. The maximum atomic E-state index is 8.72. The molecule has 0 aliphatic rings. The Balaban J connectivity index is 1.81. The highest BCUT2D eigenvalue weighted by atomic mass is 16.5. The minimum Gasteiger partial charge on any atom is -0.332 e. The smallest absolute Gasteiger partial charge is 0.276 e. The van der Waals surface area contributed by atoms with E-state index in [9.17, 15) is 0 Å². The van der Waals surface area contributed by atoms with Crippen LogP contribution in [0.3, 0.4) is 0 Å². The summed E-state index contributed by atoms with van der Waals surface area (Å²) in [6.07, 6.45) is 5.50. The van der Waals surface area contributed by atoms with E-state index >= 15 is 0 Å². The van der Waals surface area contributed by atoms with Gasteiger partial charge in [-0.1, -0.05) is 11.2 Å². The summed E-state index contributed by atoms with van der Waals surface area (Å²) in [6.45, 7) is 0. The van der Waals surface area contributed by atoms with Gasteiger partial charge in [-0.3, -0.25) is 4.98 Å². The molecule has 3 aromatic rings. The highest BCUT2D eigenvalue weighted by molar-refractivity contribution is 5.47. The zero-order chi connectivity index (χ0) is 13.8. The van der Waals surface area contributed by atoms with Crippen LogP contribution in [0.1, 0.15) is 17.0 Å². The van der Waals surface area contributed by atoms with E-state index in [0.717, 1.165) is 5.56 Å². The van der Waals surface area contributed by atoms with Crippen LogP contribution in [0, 0.1) is 11.3 Å². The number of rotatable bonds is 3. The van der Waals surface area contributed by atoms with Crippen molar-refractivity contribution in [2.45, 2.75) is 6.42 Å². The number of nitrogens with zero attached hydrogens (tertiary/aromatic N) is 5. The van der Waals surface area contributed by atoms with E-state index in [0.29, 0.717) is 29.4 Å². The maximum Gasteiger partial charge on any atom is 0.276 e. The third-order valence-corrected chi connectivity index (χ3v) is 2.66. The summed E-state index contributed by atoms with van der Waals surface area (Å²) in [5.74, 6) is 0.910. The molecule has 0 spiro atoms. The largest absolute Gasteiger partial charge is 0.332 e. The van der Waals surface area contributed by atoms with Crippen molar-refractivity contribution in [1.82, 2.24) is 20.1 Å². The van der Waals surface area contributed by atoms with Crippen molar-refractivity contribution in [3.05, 3.63) is 59.8 Å². The molecule has 3 rings (SSSR count). The van der Waals surface area contributed by atoms with Crippen molar-refractivity contribution >= 4 is 0 Å². The number of hydrogen-bond donors (Lipinski definition) is 0. The first kappa shape index (κ1) is 12.0. The van der Waals surface area contributed by atoms with Crippen LogP contribution in [0.25, 0.3) is 11.6 Å².